The minimum absolute atomic E-state index is 0.181. The standard InChI is InChI=1S/C27H23IN4O6/c1-16-7-8-17(2)23(9-16)31-25(33)15-38-26-22(28)11-18(12-24(26)37-3)10-19(14-29)27(34)30-20-5-4-6-21(13-20)32(35)36/h4-13H,15H2,1-3H3,(H,30,34)(H,31,33)/b19-10-. The number of non-ortho nitro benzene ring substituents is 1. The lowest BCUT2D eigenvalue weighted by molar-refractivity contribution is -0.384. The lowest BCUT2D eigenvalue weighted by Gasteiger charge is -2.14. The van der Waals surface area contributed by atoms with E-state index in [2.05, 4.69) is 10.6 Å². The van der Waals surface area contributed by atoms with Gasteiger partial charge >= 0.3 is 0 Å². The van der Waals surface area contributed by atoms with Gasteiger partial charge in [-0.05, 0) is 83.5 Å². The molecule has 0 radical (unpaired) electrons. The molecule has 0 aliphatic carbocycles. The number of anilines is 2. The molecule has 0 saturated carbocycles. The summed E-state index contributed by atoms with van der Waals surface area (Å²) in [7, 11) is 1.43. The number of nitro benzene ring substituents is 1. The zero-order valence-electron chi connectivity index (χ0n) is 20.7. The minimum atomic E-state index is -0.731. The molecule has 0 aliphatic heterocycles. The van der Waals surface area contributed by atoms with Crippen LogP contribution >= 0.6 is 22.6 Å². The van der Waals surface area contributed by atoms with Crippen molar-refractivity contribution < 1.29 is 24.0 Å². The number of carbonyl (C=O) groups is 2. The van der Waals surface area contributed by atoms with Crippen LogP contribution in [0.5, 0.6) is 11.5 Å². The Morgan fingerprint density at radius 3 is 2.58 bits per heavy atom. The third-order valence-corrected chi connectivity index (χ3v) is 6.06. The van der Waals surface area contributed by atoms with E-state index < -0.39 is 10.8 Å². The second kappa shape index (κ2) is 12.7. The molecule has 0 unspecified atom stereocenters. The lowest BCUT2D eigenvalue weighted by Crippen LogP contribution is -2.21. The average molecular weight is 626 g/mol. The maximum absolute atomic E-state index is 12.6. The zero-order chi connectivity index (χ0) is 27.8. The van der Waals surface area contributed by atoms with Crippen LogP contribution in [0.3, 0.4) is 0 Å². The maximum atomic E-state index is 12.6. The molecule has 0 atom stereocenters. The summed E-state index contributed by atoms with van der Waals surface area (Å²) in [5, 5.41) is 25.8. The molecule has 0 aliphatic rings. The molecule has 3 rings (SSSR count). The summed E-state index contributed by atoms with van der Waals surface area (Å²) in [6.07, 6.45) is 1.36. The molecule has 0 spiro atoms. The van der Waals surface area contributed by atoms with E-state index in [-0.39, 0.29) is 29.5 Å². The van der Waals surface area contributed by atoms with Gasteiger partial charge in [-0.2, -0.15) is 5.26 Å². The van der Waals surface area contributed by atoms with Crippen molar-refractivity contribution in [3.63, 3.8) is 0 Å². The Labute approximate surface area is 232 Å². The van der Waals surface area contributed by atoms with Gasteiger partial charge in [0.1, 0.15) is 11.6 Å². The van der Waals surface area contributed by atoms with Crippen molar-refractivity contribution in [2.24, 2.45) is 0 Å². The van der Waals surface area contributed by atoms with Crippen molar-refractivity contribution in [1.82, 2.24) is 0 Å². The van der Waals surface area contributed by atoms with E-state index in [0.717, 1.165) is 11.1 Å². The molecule has 10 nitrogen and oxygen atoms in total. The van der Waals surface area contributed by atoms with Crippen LogP contribution in [0.25, 0.3) is 6.08 Å². The minimum Gasteiger partial charge on any atom is -0.493 e. The van der Waals surface area contributed by atoms with Gasteiger partial charge < -0.3 is 20.1 Å². The number of hydrogen-bond donors (Lipinski definition) is 2. The summed E-state index contributed by atoms with van der Waals surface area (Å²) in [6.45, 7) is 3.57. The van der Waals surface area contributed by atoms with Crippen LogP contribution in [0.2, 0.25) is 0 Å². The number of amides is 2. The Morgan fingerprint density at radius 1 is 1.13 bits per heavy atom. The number of methoxy groups -OCH3 is 1. The number of carbonyl (C=O) groups excluding carboxylic acids is 2. The summed E-state index contributed by atoms with van der Waals surface area (Å²) in [4.78, 5) is 35.5. The SMILES string of the molecule is COc1cc(/C=C(/C#N)C(=O)Nc2cccc([N+](=O)[O-])c2)cc(I)c1OCC(=O)Nc1cc(C)ccc1C. The zero-order valence-corrected chi connectivity index (χ0v) is 22.9. The molecule has 11 heteroatoms. The van der Waals surface area contributed by atoms with Crippen LogP contribution < -0.4 is 20.1 Å². The van der Waals surface area contributed by atoms with Gasteiger partial charge in [0.05, 0.1) is 15.6 Å². The Balaban J connectivity index is 1.75. The van der Waals surface area contributed by atoms with Crippen molar-refractivity contribution in [2.45, 2.75) is 13.8 Å². The van der Waals surface area contributed by atoms with E-state index in [0.29, 0.717) is 26.3 Å². The molecule has 2 amide bonds. The fraction of sp³-hybridized carbons (Fsp3) is 0.148. The predicted molar refractivity (Wildman–Crippen MR) is 151 cm³/mol. The monoisotopic (exact) mass is 626 g/mol. The number of nitriles is 1. The summed E-state index contributed by atoms with van der Waals surface area (Å²) >= 11 is 2.01. The van der Waals surface area contributed by atoms with E-state index in [4.69, 9.17) is 9.47 Å². The maximum Gasteiger partial charge on any atom is 0.271 e. The highest BCUT2D eigenvalue weighted by Crippen LogP contribution is 2.35. The second-order valence-corrected chi connectivity index (χ2v) is 9.28. The molecule has 0 aromatic heterocycles. The van der Waals surface area contributed by atoms with Gasteiger partial charge in [-0.15, -0.1) is 0 Å². The second-order valence-electron chi connectivity index (χ2n) is 8.12. The lowest BCUT2D eigenvalue weighted by atomic mass is 10.1. The molecule has 194 valence electrons. The van der Waals surface area contributed by atoms with Crippen LogP contribution in [0.15, 0.2) is 60.2 Å². The van der Waals surface area contributed by atoms with Gasteiger partial charge in [-0.1, -0.05) is 18.2 Å². The fourth-order valence-electron chi connectivity index (χ4n) is 3.37. The first kappa shape index (κ1) is 28.1. The van der Waals surface area contributed by atoms with Gasteiger partial charge in [-0.3, -0.25) is 19.7 Å². The topological polar surface area (TPSA) is 144 Å². The van der Waals surface area contributed by atoms with Gasteiger partial charge in [-0.25, -0.2) is 0 Å². The number of nitrogens with zero attached hydrogens (tertiary/aromatic N) is 2. The van der Waals surface area contributed by atoms with Gasteiger partial charge in [0.15, 0.2) is 18.1 Å². The highest BCUT2D eigenvalue weighted by atomic mass is 127. The van der Waals surface area contributed by atoms with Crippen LogP contribution in [-0.4, -0.2) is 30.5 Å². The largest absolute Gasteiger partial charge is 0.493 e. The van der Waals surface area contributed by atoms with Crippen molar-refractivity contribution in [2.75, 3.05) is 24.4 Å². The molecular formula is C27H23IN4O6. The Hall–Kier alpha value is -4.44. The highest BCUT2D eigenvalue weighted by Gasteiger charge is 2.16. The number of benzene rings is 3. The summed E-state index contributed by atoms with van der Waals surface area (Å²) in [5.74, 6) is -0.435. The molecular weight excluding hydrogens is 603 g/mol. The van der Waals surface area contributed by atoms with Crippen molar-refractivity contribution in [3.8, 4) is 17.6 Å². The first-order chi connectivity index (χ1) is 18.1. The third-order valence-electron chi connectivity index (χ3n) is 5.26. The van der Waals surface area contributed by atoms with Gasteiger partial charge in [0, 0.05) is 23.5 Å². The number of rotatable bonds is 9. The third kappa shape index (κ3) is 7.30. The quantitative estimate of drug-likeness (QED) is 0.107. The van der Waals surface area contributed by atoms with Gasteiger partial charge in [0.25, 0.3) is 17.5 Å². The number of ether oxygens (including phenoxy) is 2. The number of halogens is 1. The van der Waals surface area contributed by atoms with Crippen LogP contribution in [0, 0.1) is 38.9 Å². The Bertz CT molecular complexity index is 1480. The van der Waals surface area contributed by atoms with Crippen LogP contribution in [0.4, 0.5) is 17.1 Å². The number of nitro groups is 1. The number of nitrogens with one attached hydrogen (secondary N) is 2. The molecule has 3 aromatic carbocycles. The first-order valence-corrected chi connectivity index (χ1v) is 12.2. The van der Waals surface area contributed by atoms with E-state index in [9.17, 15) is 25.0 Å². The predicted octanol–water partition coefficient (Wildman–Crippen LogP) is 5.39. The molecule has 0 bridgehead atoms. The van der Waals surface area contributed by atoms with Crippen molar-refractivity contribution >= 4 is 57.5 Å². The van der Waals surface area contributed by atoms with E-state index >= 15 is 0 Å². The van der Waals surface area contributed by atoms with E-state index in [1.54, 1.807) is 12.1 Å². The van der Waals surface area contributed by atoms with Crippen molar-refractivity contribution in [3.05, 3.63) is 90.5 Å². The summed E-state index contributed by atoms with van der Waals surface area (Å²) < 4.78 is 11.7. The average Bonchev–Trinajstić information content (AvgIpc) is 2.88. The Morgan fingerprint density at radius 2 is 1.89 bits per heavy atom. The molecule has 2 N–H and O–H groups in total. The summed E-state index contributed by atoms with van der Waals surface area (Å²) in [5.41, 5.74) is 2.88. The normalized spacial score (nSPS) is 10.8. The van der Waals surface area contributed by atoms with E-state index in [1.165, 1.54) is 37.5 Å². The molecule has 0 saturated heterocycles. The molecule has 38 heavy (non-hydrogen) atoms. The fourth-order valence-corrected chi connectivity index (χ4v) is 4.15. The smallest absolute Gasteiger partial charge is 0.271 e. The molecule has 3 aromatic rings. The first-order valence-electron chi connectivity index (χ1n) is 11.2. The van der Waals surface area contributed by atoms with Crippen LogP contribution in [-0.2, 0) is 9.59 Å². The number of aryl methyl sites for hydroxylation is 2. The van der Waals surface area contributed by atoms with Crippen molar-refractivity contribution in [1.29, 1.82) is 5.26 Å². The molecule has 0 fully saturated rings. The number of hydrogen-bond acceptors (Lipinski definition) is 7. The van der Waals surface area contributed by atoms with Gasteiger partial charge in [0.2, 0.25) is 0 Å². The van der Waals surface area contributed by atoms with Crippen LogP contribution in [0.1, 0.15) is 16.7 Å². The highest BCUT2D eigenvalue weighted by molar-refractivity contribution is 14.1. The summed E-state index contributed by atoms with van der Waals surface area (Å²) in [6, 6.07) is 16.2. The molecule has 0 heterocycles. The van der Waals surface area contributed by atoms with E-state index in [1.807, 2.05) is 60.7 Å². The Kier molecular flexibility index (Phi) is 9.39.